The van der Waals surface area contributed by atoms with Crippen LogP contribution >= 0.6 is 0 Å². The van der Waals surface area contributed by atoms with Gasteiger partial charge in [0.25, 0.3) is 0 Å². The number of aliphatic hydroxyl groups is 2. The Hall–Kier alpha value is -1.96. The summed E-state index contributed by atoms with van der Waals surface area (Å²) in [5.41, 5.74) is -0.584. The number of aliphatic hydroxyl groups excluding tert-OH is 2. The molecule has 7 heteroatoms. The van der Waals surface area contributed by atoms with Crippen molar-refractivity contribution in [1.29, 1.82) is 0 Å². The van der Waals surface area contributed by atoms with Gasteiger partial charge in [0.1, 0.15) is 5.82 Å². The number of rotatable bonds is 4. The molecule has 150 valence electrons. The number of likely N-dealkylation sites (tertiary alicyclic amines) is 1. The van der Waals surface area contributed by atoms with E-state index < -0.39 is 29.1 Å². The molecule has 1 spiro atoms. The number of hydrogen-bond donors (Lipinski definition) is 2. The van der Waals surface area contributed by atoms with E-state index in [0.29, 0.717) is 6.54 Å². The lowest BCUT2D eigenvalue weighted by Gasteiger charge is -2.19. The Balaban J connectivity index is 1.58. The van der Waals surface area contributed by atoms with Crippen LogP contribution in [0.4, 0.5) is 17.6 Å². The zero-order valence-corrected chi connectivity index (χ0v) is 15.0. The number of halogens is 4. The molecule has 4 atom stereocenters. The number of hydrogen-bond acceptors (Lipinski definition) is 3. The van der Waals surface area contributed by atoms with Gasteiger partial charge in [-0.2, -0.15) is 13.2 Å². The Morgan fingerprint density at radius 3 is 2.46 bits per heavy atom. The van der Waals surface area contributed by atoms with Gasteiger partial charge in [-0.05, 0) is 41.2 Å². The second kappa shape index (κ2) is 6.83. The first-order valence-corrected chi connectivity index (χ1v) is 9.19. The van der Waals surface area contributed by atoms with Gasteiger partial charge < -0.3 is 10.2 Å². The fraction of sp³-hybridized carbons (Fsp3) is 0.429. The molecule has 0 bridgehead atoms. The lowest BCUT2D eigenvalue weighted by molar-refractivity contribution is -0.138. The van der Waals surface area contributed by atoms with E-state index in [9.17, 15) is 27.8 Å². The molecule has 2 N–H and O–H groups in total. The molecule has 2 aliphatic rings. The SMILES string of the molecule is OC[C@@H]1[C@@H](c2ccccc2)[C@]12CN(Cc1cc(F)ccc1C(F)(F)F)C[C@@H]2O. The minimum absolute atomic E-state index is 0.0479. The van der Waals surface area contributed by atoms with Crippen molar-refractivity contribution in [1.82, 2.24) is 4.90 Å². The lowest BCUT2D eigenvalue weighted by atomic mass is 9.95. The summed E-state index contributed by atoms with van der Waals surface area (Å²) in [6.07, 6.45) is -5.34. The van der Waals surface area contributed by atoms with Crippen molar-refractivity contribution in [3.63, 3.8) is 0 Å². The van der Waals surface area contributed by atoms with Gasteiger partial charge >= 0.3 is 6.18 Å². The van der Waals surface area contributed by atoms with Gasteiger partial charge in [0, 0.05) is 31.7 Å². The Morgan fingerprint density at radius 1 is 1.11 bits per heavy atom. The van der Waals surface area contributed by atoms with Crippen molar-refractivity contribution in [2.24, 2.45) is 11.3 Å². The van der Waals surface area contributed by atoms with Crippen molar-refractivity contribution in [2.45, 2.75) is 24.7 Å². The summed E-state index contributed by atoms with van der Waals surface area (Å²) in [6.45, 7) is 0.337. The highest BCUT2D eigenvalue weighted by atomic mass is 19.4. The first-order valence-electron chi connectivity index (χ1n) is 9.19. The van der Waals surface area contributed by atoms with E-state index in [1.54, 1.807) is 4.90 Å². The van der Waals surface area contributed by atoms with Gasteiger partial charge in [-0.1, -0.05) is 30.3 Å². The van der Waals surface area contributed by atoms with E-state index in [1.165, 1.54) is 0 Å². The zero-order valence-electron chi connectivity index (χ0n) is 15.0. The van der Waals surface area contributed by atoms with E-state index in [-0.39, 0.29) is 37.1 Å². The summed E-state index contributed by atoms with van der Waals surface area (Å²) in [5.74, 6) is -0.919. The van der Waals surface area contributed by atoms with E-state index in [0.717, 1.165) is 23.8 Å². The number of β-amino-alcohol motifs (C(OH)–C–C–N with tert-alkyl or cyclic N) is 1. The van der Waals surface area contributed by atoms with E-state index in [2.05, 4.69) is 0 Å². The molecule has 0 radical (unpaired) electrons. The minimum Gasteiger partial charge on any atom is -0.396 e. The quantitative estimate of drug-likeness (QED) is 0.780. The van der Waals surface area contributed by atoms with Crippen molar-refractivity contribution in [3.8, 4) is 0 Å². The van der Waals surface area contributed by atoms with Crippen LogP contribution in [0.15, 0.2) is 48.5 Å². The molecule has 2 aromatic rings. The smallest absolute Gasteiger partial charge is 0.396 e. The Labute approximate surface area is 160 Å². The molecule has 1 aliphatic carbocycles. The Kier molecular flexibility index (Phi) is 4.72. The Morgan fingerprint density at radius 2 is 1.82 bits per heavy atom. The van der Waals surface area contributed by atoms with Crippen LogP contribution < -0.4 is 0 Å². The highest BCUT2D eigenvalue weighted by Gasteiger charge is 2.70. The third-order valence-corrected chi connectivity index (χ3v) is 6.23. The predicted octanol–water partition coefficient (Wildman–Crippen LogP) is 3.41. The molecule has 0 amide bonds. The van der Waals surface area contributed by atoms with Crippen molar-refractivity contribution < 1.29 is 27.8 Å². The normalized spacial score (nSPS) is 30.1. The van der Waals surface area contributed by atoms with Gasteiger partial charge in [0.05, 0.1) is 11.7 Å². The van der Waals surface area contributed by atoms with Gasteiger partial charge in [0.15, 0.2) is 0 Å². The first-order chi connectivity index (χ1) is 13.3. The lowest BCUT2D eigenvalue weighted by Crippen LogP contribution is -2.23. The maximum atomic E-state index is 13.6. The van der Waals surface area contributed by atoms with Gasteiger partial charge in [-0.3, -0.25) is 4.90 Å². The molecular weight excluding hydrogens is 374 g/mol. The van der Waals surface area contributed by atoms with Crippen LogP contribution in [0.25, 0.3) is 0 Å². The third-order valence-electron chi connectivity index (χ3n) is 6.23. The summed E-state index contributed by atoms with van der Waals surface area (Å²) in [6, 6.07) is 12.0. The number of benzene rings is 2. The maximum absolute atomic E-state index is 13.6. The van der Waals surface area contributed by atoms with Crippen LogP contribution in [-0.4, -0.2) is 40.9 Å². The average Bonchev–Trinajstić information content (AvgIpc) is 3.18. The molecule has 2 aromatic carbocycles. The second-order valence-electron chi connectivity index (χ2n) is 7.77. The van der Waals surface area contributed by atoms with Crippen molar-refractivity contribution in [3.05, 3.63) is 71.0 Å². The summed E-state index contributed by atoms with van der Waals surface area (Å²) in [7, 11) is 0. The van der Waals surface area contributed by atoms with E-state index in [1.807, 2.05) is 30.3 Å². The monoisotopic (exact) mass is 395 g/mol. The molecule has 0 aromatic heterocycles. The highest BCUT2D eigenvalue weighted by Crippen LogP contribution is 2.68. The molecular formula is C21H21F4NO2. The summed E-state index contributed by atoms with van der Waals surface area (Å²) < 4.78 is 53.4. The fourth-order valence-electron chi connectivity index (χ4n) is 4.99. The highest BCUT2D eigenvalue weighted by molar-refractivity contribution is 5.37. The number of alkyl halides is 3. The second-order valence-corrected chi connectivity index (χ2v) is 7.77. The van der Waals surface area contributed by atoms with Crippen LogP contribution in [0, 0.1) is 17.2 Å². The standard InChI is InChI=1S/C21H21F4NO2/c22-15-6-7-16(21(23,24)25)14(8-15)9-26-10-18(28)20(12-26)17(11-27)19(20)13-4-2-1-3-5-13/h1-8,17-19,27-28H,9-12H2/t17-,18+,19-,20-/m1/s1. The summed E-state index contributed by atoms with van der Waals surface area (Å²) >= 11 is 0. The van der Waals surface area contributed by atoms with Gasteiger partial charge in [-0.25, -0.2) is 4.39 Å². The Bertz CT molecular complexity index is 857. The van der Waals surface area contributed by atoms with Crippen molar-refractivity contribution in [2.75, 3.05) is 19.7 Å². The van der Waals surface area contributed by atoms with E-state index in [4.69, 9.17) is 0 Å². The van der Waals surface area contributed by atoms with Crippen LogP contribution in [0.3, 0.4) is 0 Å². The number of nitrogens with zero attached hydrogens (tertiary/aromatic N) is 1. The average molecular weight is 395 g/mol. The molecule has 1 heterocycles. The van der Waals surface area contributed by atoms with Crippen LogP contribution in [0.5, 0.6) is 0 Å². The molecule has 4 rings (SSSR count). The molecule has 1 saturated carbocycles. The first kappa shape index (κ1) is 19.4. The molecule has 1 aliphatic heterocycles. The maximum Gasteiger partial charge on any atom is 0.416 e. The van der Waals surface area contributed by atoms with Gasteiger partial charge in [-0.15, -0.1) is 0 Å². The molecule has 2 fully saturated rings. The molecule has 0 unspecified atom stereocenters. The summed E-state index contributed by atoms with van der Waals surface area (Å²) in [5, 5.41) is 20.6. The molecule has 3 nitrogen and oxygen atoms in total. The molecule has 1 saturated heterocycles. The largest absolute Gasteiger partial charge is 0.416 e. The van der Waals surface area contributed by atoms with Crippen LogP contribution in [0.1, 0.15) is 22.6 Å². The van der Waals surface area contributed by atoms with Crippen LogP contribution in [0.2, 0.25) is 0 Å². The summed E-state index contributed by atoms with van der Waals surface area (Å²) in [4.78, 5) is 1.72. The predicted molar refractivity (Wildman–Crippen MR) is 94.9 cm³/mol. The zero-order chi connectivity index (χ0) is 20.1. The molecule has 28 heavy (non-hydrogen) atoms. The fourth-order valence-corrected chi connectivity index (χ4v) is 4.99. The topological polar surface area (TPSA) is 43.7 Å². The minimum atomic E-state index is -4.57. The third kappa shape index (κ3) is 3.11. The van der Waals surface area contributed by atoms with E-state index >= 15 is 0 Å². The van der Waals surface area contributed by atoms with Gasteiger partial charge in [0.2, 0.25) is 0 Å². The van der Waals surface area contributed by atoms with Crippen LogP contribution in [-0.2, 0) is 12.7 Å². The van der Waals surface area contributed by atoms with Crippen molar-refractivity contribution >= 4 is 0 Å².